The second-order valence-corrected chi connectivity index (χ2v) is 3.86. The van der Waals surface area contributed by atoms with Crippen molar-refractivity contribution in [3.8, 4) is 0 Å². The minimum atomic E-state index is 0.0224. The number of hydrogen-bond donors (Lipinski definition) is 0. The third-order valence-electron chi connectivity index (χ3n) is 2.12. The Bertz CT molecular complexity index is 220. The molecule has 1 saturated heterocycles. The van der Waals surface area contributed by atoms with Gasteiger partial charge in [-0.1, -0.05) is 15.9 Å². The van der Waals surface area contributed by atoms with Crippen LogP contribution in [0.4, 0.5) is 0 Å². The summed E-state index contributed by atoms with van der Waals surface area (Å²) in [5, 5.41) is 0.659. The summed E-state index contributed by atoms with van der Waals surface area (Å²) in [4.78, 5) is 25.9. The van der Waals surface area contributed by atoms with Gasteiger partial charge in [0.15, 0.2) is 0 Å². The molecule has 5 heteroatoms. The van der Waals surface area contributed by atoms with Crippen LogP contribution in [0.15, 0.2) is 0 Å². The molecule has 13 heavy (non-hydrogen) atoms. The molecular formula is C8H13BrN2O2. The molecule has 0 spiro atoms. The predicted molar refractivity (Wildman–Crippen MR) is 52.6 cm³/mol. The zero-order valence-corrected chi connectivity index (χ0v) is 9.21. The summed E-state index contributed by atoms with van der Waals surface area (Å²) in [6.07, 6.45) is 0.469. The van der Waals surface area contributed by atoms with Crippen molar-refractivity contribution >= 4 is 27.7 Å². The highest BCUT2D eigenvalue weighted by Gasteiger charge is 2.23. The summed E-state index contributed by atoms with van der Waals surface area (Å²) >= 11 is 3.20. The van der Waals surface area contributed by atoms with E-state index >= 15 is 0 Å². The van der Waals surface area contributed by atoms with Crippen molar-refractivity contribution in [3.05, 3.63) is 0 Å². The number of alkyl halides is 1. The predicted octanol–water partition coefficient (Wildman–Crippen LogP) is 0.0720. The third kappa shape index (κ3) is 2.69. The molecule has 0 aromatic carbocycles. The molecule has 4 nitrogen and oxygen atoms in total. The first kappa shape index (κ1) is 10.5. The fraction of sp³-hybridized carbons (Fsp3) is 0.750. The molecule has 0 saturated carbocycles. The Morgan fingerprint density at radius 3 is 2.77 bits per heavy atom. The Balaban J connectivity index is 2.45. The minimum Gasteiger partial charge on any atom is -0.342 e. The molecule has 0 unspecified atom stereocenters. The highest BCUT2D eigenvalue weighted by molar-refractivity contribution is 9.09. The number of carbonyl (C=O) groups excluding carboxylic acids is 2. The summed E-state index contributed by atoms with van der Waals surface area (Å²) < 4.78 is 0. The van der Waals surface area contributed by atoms with Crippen LogP contribution in [0.25, 0.3) is 0 Å². The van der Waals surface area contributed by atoms with Crippen LogP contribution in [-0.4, -0.2) is 53.6 Å². The minimum absolute atomic E-state index is 0.0224. The van der Waals surface area contributed by atoms with Gasteiger partial charge in [0.05, 0.1) is 6.54 Å². The summed E-state index contributed by atoms with van der Waals surface area (Å²) in [5.41, 5.74) is 0. The van der Waals surface area contributed by atoms with E-state index in [1.807, 2.05) is 0 Å². The normalized spacial score (nSPS) is 17.8. The first-order chi connectivity index (χ1) is 6.15. The number of likely N-dealkylation sites (N-methyl/N-ethyl adjacent to an activating group) is 1. The van der Waals surface area contributed by atoms with Gasteiger partial charge < -0.3 is 9.80 Å². The number of nitrogens with zero attached hydrogens (tertiary/aromatic N) is 2. The van der Waals surface area contributed by atoms with Gasteiger partial charge in [0.1, 0.15) is 0 Å². The van der Waals surface area contributed by atoms with Gasteiger partial charge in [-0.15, -0.1) is 0 Å². The van der Waals surface area contributed by atoms with Crippen LogP contribution in [-0.2, 0) is 9.59 Å². The van der Waals surface area contributed by atoms with Crippen molar-refractivity contribution in [2.24, 2.45) is 0 Å². The van der Waals surface area contributed by atoms with Crippen LogP contribution in [0.5, 0.6) is 0 Å². The highest BCUT2D eigenvalue weighted by Crippen LogP contribution is 2.03. The van der Waals surface area contributed by atoms with Crippen LogP contribution in [0.1, 0.15) is 6.42 Å². The zero-order chi connectivity index (χ0) is 9.84. The average molecular weight is 249 g/mol. The maximum absolute atomic E-state index is 11.4. The molecule has 0 aliphatic carbocycles. The van der Waals surface area contributed by atoms with Crippen LogP contribution in [0, 0.1) is 0 Å². The van der Waals surface area contributed by atoms with Crippen LogP contribution in [0.2, 0.25) is 0 Å². The Hall–Kier alpha value is -0.580. The van der Waals surface area contributed by atoms with Gasteiger partial charge >= 0.3 is 0 Å². The lowest BCUT2D eigenvalue weighted by Gasteiger charge is -2.31. The molecular weight excluding hydrogens is 236 g/mol. The Kier molecular flexibility index (Phi) is 3.71. The second kappa shape index (κ2) is 4.60. The smallest absolute Gasteiger partial charge is 0.241 e. The van der Waals surface area contributed by atoms with Gasteiger partial charge in [-0.3, -0.25) is 9.59 Å². The van der Waals surface area contributed by atoms with E-state index < -0.39 is 0 Å². The second-order valence-electron chi connectivity index (χ2n) is 3.07. The molecule has 0 bridgehead atoms. The molecule has 0 N–H and O–H groups in total. The van der Waals surface area contributed by atoms with Gasteiger partial charge in [-0.25, -0.2) is 0 Å². The van der Waals surface area contributed by atoms with Crippen LogP contribution in [0.3, 0.4) is 0 Å². The van der Waals surface area contributed by atoms with Gasteiger partial charge in [-0.2, -0.15) is 0 Å². The summed E-state index contributed by atoms with van der Waals surface area (Å²) in [6.45, 7) is 1.54. The molecule has 1 aliphatic heterocycles. The molecule has 1 aliphatic rings. The number of hydrogen-bond acceptors (Lipinski definition) is 2. The van der Waals surface area contributed by atoms with Gasteiger partial charge in [0, 0.05) is 31.9 Å². The van der Waals surface area contributed by atoms with E-state index in [1.165, 1.54) is 0 Å². The SMILES string of the molecule is CN1CCN(C(=O)CCBr)CC1=O. The summed E-state index contributed by atoms with van der Waals surface area (Å²) in [5.74, 6) is 0.0764. The first-order valence-corrected chi connectivity index (χ1v) is 5.35. The topological polar surface area (TPSA) is 40.6 Å². The molecule has 74 valence electrons. The lowest BCUT2D eigenvalue weighted by atomic mass is 10.3. The highest BCUT2D eigenvalue weighted by atomic mass is 79.9. The van der Waals surface area contributed by atoms with Gasteiger partial charge in [-0.05, 0) is 0 Å². The summed E-state index contributed by atoms with van der Waals surface area (Å²) in [6, 6.07) is 0. The van der Waals surface area contributed by atoms with Crippen molar-refractivity contribution in [3.63, 3.8) is 0 Å². The quantitative estimate of drug-likeness (QED) is 0.650. The Morgan fingerprint density at radius 1 is 1.54 bits per heavy atom. The van der Waals surface area contributed by atoms with E-state index in [0.717, 1.165) is 0 Å². The van der Waals surface area contributed by atoms with E-state index in [9.17, 15) is 9.59 Å². The number of carbonyl (C=O) groups is 2. The van der Waals surface area contributed by atoms with E-state index in [0.29, 0.717) is 24.8 Å². The van der Waals surface area contributed by atoms with E-state index in [1.54, 1.807) is 16.8 Å². The Labute approximate surface area is 86.0 Å². The van der Waals surface area contributed by atoms with Crippen LogP contribution >= 0.6 is 15.9 Å². The van der Waals surface area contributed by atoms with Crippen molar-refractivity contribution < 1.29 is 9.59 Å². The molecule has 1 rings (SSSR count). The maximum atomic E-state index is 11.4. The lowest BCUT2D eigenvalue weighted by molar-refractivity contribution is -0.143. The van der Waals surface area contributed by atoms with E-state index in [4.69, 9.17) is 0 Å². The number of rotatable bonds is 2. The molecule has 0 aromatic rings. The number of piperazine rings is 1. The molecule has 0 radical (unpaired) electrons. The average Bonchev–Trinajstić information content (AvgIpc) is 2.10. The molecule has 1 fully saturated rings. The molecule has 2 amide bonds. The van der Waals surface area contributed by atoms with Crippen molar-refractivity contribution in [2.45, 2.75) is 6.42 Å². The Morgan fingerprint density at radius 2 is 2.23 bits per heavy atom. The monoisotopic (exact) mass is 248 g/mol. The third-order valence-corrected chi connectivity index (χ3v) is 2.51. The molecule has 0 aromatic heterocycles. The largest absolute Gasteiger partial charge is 0.342 e. The van der Waals surface area contributed by atoms with Crippen molar-refractivity contribution in [1.82, 2.24) is 9.80 Å². The van der Waals surface area contributed by atoms with Crippen molar-refractivity contribution in [1.29, 1.82) is 0 Å². The fourth-order valence-corrected chi connectivity index (χ4v) is 1.55. The zero-order valence-electron chi connectivity index (χ0n) is 7.62. The van der Waals surface area contributed by atoms with Crippen LogP contribution < -0.4 is 0 Å². The number of amides is 2. The standard InChI is InChI=1S/C8H13BrN2O2/c1-10-4-5-11(6-8(10)13)7(12)2-3-9/h2-6H2,1H3. The lowest BCUT2D eigenvalue weighted by Crippen LogP contribution is -2.50. The van der Waals surface area contributed by atoms with E-state index in [-0.39, 0.29) is 18.4 Å². The van der Waals surface area contributed by atoms with Gasteiger partial charge in [0.25, 0.3) is 0 Å². The van der Waals surface area contributed by atoms with Crippen molar-refractivity contribution in [2.75, 3.05) is 32.0 Å². The molecule has 1 heterocycles. The number of halogens is 1. The first-order valence-electron chi connectivity index (χ1n) is 4.23. The fourth-order valence-electron chi connectivity index (χ4n) is 1.21. The molecule has 0 atom stereocenters. The summed E-state index contributed by atoms with van der Waals surface area (Å²) in [7, 11) is 1.76. The van der Waals surface area contributed by atoms with E-state index in [2.05, 4.69) is 15.9 Å². The maximum Gasteiger partial charge on any atom is 0.241 e. The van der Waals surface area contributed by atoms with Gasteiger partial charge in [0.2, 0.25) is 11.8 Å².